The molecule has 0 aromatic heterocycles. The van der Waals surface area contributed by atoms with Crippen LogP contribution in [0.1, 0.15) is 44.9 Å². The van der Waals surface area contributed by atoms with Gasteiger partial charge in [0.2, 0.25) is 5.91 Å². The number of hydrogen-bond donors (Lipinski definition) is 2. The van der Waals surface area contributed by atoms with Crippen molar-refractivity contribution in [2.24, 2.45) is 11.5 Å². The number of primary amides is 1. The number of hydrogen-bond acceptors (Lipinski definition) is 2. The zero-order valence-corrected chi connectivity index (χ0v) is 7.51. The van der Waals surface area contributed by atoms with Crippen molar-refractivity contribution in [2.45, 2.75) is 50.5 Å². The summed E-state index contributed by atoms with van der Waals surface area (Å²) < 4.78 is 0. The Morgan fingerprint density at radius 1 is 1.25 bits per heavy atom. The first-order valence-corrected chi connectivity index (χ1v) is 4.70. The van der Waals surface area contributed by atoms with Gasteiger partial charge < -0.3 is 11.5 Å². The summed E-state index contributed by atoms with van der Waals surface area (Å²) in [6.07, 6.45) is 7.01. The lowest BCUT2D eigenvalue weighted by atomic mass is 9.79. The zero-order valence-electron chi connectivity index (χ0n) is 7.51. The Morgan fingerprint density at radius 3 is 2.33 bits per heavy atom. The highest BCUT2D eigenvalue weighted by atomic mass is 16.1. The van der Waals surface area contributed by atoms with Crippen LogP contribution in [0.15, 0.2) is 0 Å². The molecule has 3 nitrogen and oxygen atoms in total. The predicted molar refractivity (Wildman–Crippen MR) is 48.4 cm³/mol. The zero-order chi connectivity index (χ0) is 9.03. The van der Waals surface area contributed by atoms with Gasteiger partial charge in [-0.3, -0.25) is 4.79 Å². The van der Waals surface area contributed by atoms with Gasteiger partial charge in [0.05, 0.1) is 0 Å². The van der Waals surface area contributed by atoms with E-state index in [1.54, 1.807) is 0 Å². The van der Waals surface area contributed by atoms with Gasteiger partial charge in [-0.1, -0.05) is 19.3 Å². The van der Waals surface area contributed by atoms with Crippen LogP contribution >= 0.6 is 0 Å². The number of carbonyl (C=O) groups is 1. The van der Waals surface area contributed by atoms with Crippen LogP contribution in [-0.4, -0.2) is 11.4 Å². The Balaban J connectivity index is 2.31. The van der Waals surface area contributed by atoms with Crippen molar-refractivity contribution in [1.29, 1.82) is 0 Å². The molecule has 0 unspecified atom stereocenters. The summed E-state index contributed by atoms with van der Waals surface area (Å²) in [5.41, 5.74) is 11.1. The second-order valence-corrected chi connectivity index (χ2v) is 3.89. The lowest BCUT2D eigenvalue weighted by molar-refractivity contribution is -0.118. The smallest absolute Gasteiger partial charge is 0.217 e. The maximum Gasteiger partial charge on any atom is 0.217 e. The fourth-order valence-corrected chi connectivity index (χ4v) is 1.88. The molecule has 1 fully saturated rings. The third-order valence-corrected chi connectivity index (χ3v) is 2.72. The molecule has 0 heterocycles. The molecule has 1 amide bonds. The Kier molecular flexibility index (Phi) is 3.09. The van der Waals surface area contributed by atoms with E-state index in [9.17, 15) is 4.79 Å². The molecule has 0 spiro atoms. The van der Waals surface area contributed by atoms with Crippen LogP contribution in [-0.2, 0) is 4.79 Å². The largest absolute Gasteiger partial charge is 0.370 e. The van der Waals surface area contributed by atoms with Gasteiger partial charge in [0, 0.05) is 12.0 Å². The van der Waals surface area contributed by atoms with E-state index in [1.807, 2.05) is 0 Å². The lowest BCUT2D eigenvalue weighted by Gasteiger charge is -2.33. The average Bonchev–Trinajstić information content (AvgIpc) is 2.03. The second kappa shape index (κ2) is 3.90. The minimum absolute atomic E-state index is 0.0900. The van der Waals surface area contributed by atoms with Crippen molar-refractivity contribution in [1.82, 2.24) is 0 Å². The number of carbonyl (C=O) groups excluding carboxylic acids is 1. The number of amides is 1. The van der Waals surface area contributed by atoms with Crippen LogP contribution in [0.5, 0.6) is 0 Å². The molecule has 3 heteroatoms. The molecule has 1 aliphatic rings. The summed E-state index contributed by atoms with van der Waals surface area (Å²) in [5, 5.41) is 0. The first-order valence-electron chi connectivity index (χ1n) is 4.70. The molecule has 1 aliphatic carbocycles. The van der Waals surface area contributed by atoms with Gasteiger partial charge in [-0.2, -0.15) is 0 Å². The van der Waals surface area contributed by atoms with E-state index >= 15 is 0 Å². The molecule has 1 rings (SSSR count). The van der Waals surface area contributed by atoms with E-state index in [1.165, 1.54) is 19.3 Å². The molecule has 0 aliphatic heterocycles. The van der Waals surface area contributed by atoms with Crippen LogP contribution in [0.3, 0.4) is 0 Å². The summed E-state index contributed by atoms with van der Waals surface area (Å²) in [6, 6.07) is 0. The fourth-order valence-electron chi connectivity index (χ4n) is 1.88. The summed E-state index contributed by atoms with van der Waals surface area (Å²) in [7, 11) is 0. The number of rotatable bonds is 3. The van der Waals surface area contributed by atoms with E-state index in [0.717, 1.165) is 19.3 Å². The van der Waals surface area contributed by atoms with Crippen molar-refractivity contribution in [3.63, 3.8) is 0 Å². The van der Waals surface area contributed by atoms with Crippen molar-refractivity contribution in [3.8, 4) is 0 Å². The molecular weight excluding hydrogens is 152 g/mol. The van der Waals surface area contributed by atoms with E-state index in [2.05, 4.69) is 0 Å². The van der Waals surface area contributed by atoms with Crippen LogP contribution in [0.25, 0.3) is 0 Å². The molecule has 0 saturated heterocycles. The van der Waals surface area contributed by atoms with E-state index < -0.39 is 0 Å². The first kappa shape index (κ1) is 9.52. The van der Waals surface area contributed by atoms with Gasteiger partial charge in [-0.05, 0) is 19.3 Å². The average molecular weight is 170 g/mol. The van der Waals surface area contributed by atoms with E-state index in [4.69, 9.17) is 11.5 Å². The van der Waals surface area contributed by atoms with Crippen molar-refractivity contribution >= 4 is 5.91 Å². The molecule has 1 saturated carbocycles. The summed E-state index contributed by atoms with van der Waals surface area (Å²) in [6.45, 7) is 0. The SMILES string of the molecule is NC(=O)CCC1(N)CCCCC1. The van der Waals surface area contributed by atoms with Crippen LogP contribution in [0, 0.1) is 0 Å². The molecule has 0 aromatic rings. The van der Waals surface area contributed by atoms with Crippen LogP contribution in [0.4, 0.5) is 0 Å². The van der Waals surface area contributed by atoms with E-state index in [-0.39, 0.29) is 11.4 Å². The van der Waals surface area contributed by atoms with Crippen LogP contribution in [0.2, 0.25) is 0 Å². The highest BCUT2D eigenvalue weighted by molar-refractivity contribution is 5.73. The minimum atomic E-state index is -0.231. The first-order chi connectivity index (χ1) is 5.62. The van der Waals surface area contributed by atoms with Crippen molar-refractivity contribution < 1.29 is 4.79 Å². The van der Waals surface area contributed by atoms with Gasteiger partial charge in [-0.25, -0.2) is 0 Å². The Hall–Kier alpha value is -0.570. The molecule has 0 radical (unpaired) electrons. The maximum atomic E-state index is 10.6. The standard InChI is InChI=1S/C9H18N2O/c10-8(12)4-7-9(11)5-2-1-3-6-9/h1-7,11H2,(H2,10,12). The molecular formula is C9H18N2O. The second-order valence-electron chi connectivity index (χ2n) is 3.89. The van der Waals surface area contributed by atoms with Crippen molar-refractivity contribution in [2.75, 3.05) is 0 Å². The Morgan fingerprint density at radius 2 is 1.83 bits per heavy atom. The molecule has 70 valence electrons. The Labute approximate surface area is 73.5 Å². The molecule has 0 bridgehead atoms. The summed E-state index contributed by atoms with van der Waals surface area (Å²) in [4.78, 5) is 10.6. The lowest BCUT2D eigenvalue weighted by Crippen LogP contribution is -2.42. The maximum absolute atomic E-state index is 10.6. The summed E-state index contributed by atoms with van der Waals surface area (Å²) in [5.74, 6) is -0.231. The van der Waals surface area contributed by atoms with Gasteiger partial charge in [0.25, 0.3) is 0 Å². The van der Waals surface area contributed by atoms with Crippen LogP contribution < -0.4 is 11.5 Å². The van der Waals surface area contributed by atoms with Crippen molar-refractivity contribution in [3.05, 3.63) is 0 Å². The highest BCUT2D eigenvalue weighted by Gasteiger charge is 2.27. The monoisotopic (exact) mass is 170 g/mol. The predicted octanol–water partition coefficient (Wildman–Crippen LogP) is 0.913. The molecule has 0 aromatic carbocycles. The topological polar surface area (TPSA) is 69.1 Å². The fraction of sp³-hybridized carbons (Fsp3) is 0.889. The minimum Gasteiger partial charge on any atom is -0.370 e. The summed E-state index contributed by atoms with van der Waals surface area (Å²) >= 11 is 0. The van der Waals surface area contributed by atoms with Gasteiger partial charge in [-0.15, -0.1) is 0 Å². The molecule has 4 N–H and O–H groups in total. The van der Waals surface area contributed by atoms with Gasteiger partial charge in [0.15, 0.2) is 0 Å². The molecule has 0 atom stereocenters. The van der Waals surface area contributed by atoms with Gasteiger partial charge in [0.1, 0.15) is 0 Å². The molecule has 12 heavy (non-hydrogen) atoms. The highest BCUT2D eigenvalue weighted by Crippen LogP contribution is 2.29. The number of nitrogens with two attached hydrogens (primary N) is 2. The third kappa shape index (κ3) is 2.81. The normalized spacial score (nSPS) is 22.1. The van der Waals surface area contributed by atoms with E-state index in [0.29, 0.717) is 6.42 Å². The quantitative estimate of drug-likeness (QED) is 0.661. The van der Waals surface area contributed by atoms with Gasteiger partial charge >= 0.3 is 0 Å². The third-order valence-electron chi connectivity index (χ3n) is 2.72. The Bertz CT molecular complexity index is 162.